The molecule has 0 aromatic carbocycles. The number of carbonyl (C=O) groups excluding carboxylic acids is 1. The van der Waals surface area contributed by atoms with Gasteiger partial charge < -0.3 is 9.84 Å². The van der Waals surface area contributed by atoms with E-state index in [-0.39, 0.29) is 0 Å². The summed E-state index contributed by atoms with van der Waals surface area (Å²) in [5, 5.41) is 16.8. The van der Waals surface area contributed by atoms with Gasteiger partial charge in [-0.05, 0) is 6.92 Å². The van der Waals surface area contributed by atoms with Crippen LogP contribution in [-0.4, -0.2) is 36.4 Å². The Kier molecular flexibility index (Phi) is 2.42. The molecule has 0 fully saturated rings. The first-order chi connectivity index (χ1) is 5.63. The van der Waals surface area contributed by atoms with E-state index < -0.39 is 17.6 Å². The monoisotopic (exact) mass is 172 g/mol. The summed E-state index contributed by atoms with van der Waals surface area (Å²) in [6.45, 7) is 1.99. The van der Waals surface area contributed by atoms with Crippen molar-refractivity contribution in [3.05, 3.63) is 0 Å². The van der Waals surface area contributed by atoms with E-state index in [9.17, 15) is 9.90 Å². The Hall–Kier alpha value is -0.970. The number of rotatable bonds is 2. The third-order valence-electron chi connectivity index (χ3n) is 2.07. The zero-order chi connectivity index (χ0) is 9.19. The van der Waals surface area contributed by atoms with Crippen LogP contribution in [0, 0.1) is 0 Å². The summed E-state index contributed by atoms with van der Waals surface area (Å²) in [4.78, 5) is 11.2. The Labute approximate surface area is 70.4 Å². The van der Waals surface area contributed by atoms with Crippen LogP contribution in [0.25, 0.3) is 0 Å². The minimum absolute atomic E-state index is 0.428. The predicted octanol–water partition coefficient (Wildman–Crippen LogP) is 0.135. The molecule has 0 aromatic rings. The number of carbonyl (C=O) groups is 1. The second-order valence-electron chi connectivity index (χ2n) is 2.81. The predicted molar refractivity (Wildman–Crippen MR) is 40.8 cm³/mol. The maximum Gasteiger partial charge on any atom is 0.338 e. The molecule has 12 heavy (non-hydrogen) atoms. The summed E-state index contributed by atoms with van der Waals surface area (Å²) < 4.78 is 4.55. The highest BCUT2D eigenvalue weighted by molar-refractivity contribution is 5.82. The van der Waals surface area contributed by atoms with Crippen molar-refractivity contribution < 1.29 is 14.6 Å². The minimum atomic E-state index is -1.14. The van der Waals surface area contributed by atoms with Gasteiger partial charge in [0, 0.05) is 6.42 Å². The molecule has 0 spiro atoms. The first-order valence-electron chi connectivity index (χ1n) is 3.78. The van der Waals surface area contributed by atoms with Gasteiger partial charge in [0.2, 0.25) is 5.54 Å². The van der Waals surface area contributed by atoms with Gasteiger partial charge in [-0.1, -0.05) is 0 Å². The van der Waals surface area contributed by atoms with Crippen LogP contribution >= 0.6 is 0 Å². The Morgan fingerprint density at radius 2 is 2.42 bits per heavy atom. The first kappa shape index (κ1) is 9.12. The fraction of sp³-hybridized carbons (Fsp3) is 0.857. The molecular formula is C7H12N2O3. The van der Waals surface area contributed by atoms with Gasteiger partial charge in [0.15, 0.2) is 0 Å². The van der Waals surface area contributed by atoms with Crippen LogP contribution in [0.3, 0.4) is 0 Å². The van der Waals surface area contributed by atoms with Crippen molar-refractivity contribution in [1.29, 1.82) is 0 Å². The normalized spacial score (nSPS) is 30.2. The number of nitrogens with zero attached hydrogens (tertiary/aromatic N) is 2. The van der Waals surface area contributed by atoms with Crippen molar-refractivity contribution in [3.63, 3.8) is 0 Å². The zero-order valence-corrected chi connectivity index (χ0v) is 7.15. The van der Waals surface area contributed by atoms with E-state index in [4.69, 9.17) is 0 Å². The standard InChI is InChI=1S/C7H12N2O3/c1-5(10)7(6(11)12-2)3-4-8-9-7/h5,10H,3-4H2,1-2H3/t5-,7+/m0/s1. The van der Waals surface area contributed by atoms with Crippen LogP contribution < -0.4 is 0 Å². The first-order valence-corrected chi connectivity index (χ1v) is 3.78. The highest BCUT2D eigenvalue weighted by Crippen LogP contribution is 2.27. The molecule has 0 saturated heterocycles. The van der Waals surface area contributed by atoms with E-state index in [0.717, 1.165) is 0 Å². The van der Waals surface area contributed by atoms with Crippen molar-refractivity contribution in [2.45, 2.75) is 25.0 Å². The van der Waals surface area contributed by atoms with E-state index >= 15 is 0 Å². The average Bonchev–Trinajstić information content (AvgIpc) is 2.52. The van der Waals surface area contributed by atoms with Crippen LogP contribution in [0.1, 0.15) is 13.3 Å². The molecular weight excluding hydrogens is 160 g/mol. The third-order valence-corrected chi connectivity index (χ3v) is 2.07. The maximum atomic E-state index is 11.2. The lowest BCUT2D eigenvalue weighted by Crippen LogP contribution is -2.45. The summed E-state index contributed by atoms with van der Waals surface area (Å²) in [5.41, 5.74) is -1.14. The van der Waals surface area contributed by atoms with Crippen molar-refractivity contribution in [2.75, 3.05) is 13.7 Å². The lowest BCUT2D eigenvalue weighted by atomic mass is 9.92. The van der Waals surface area contributed by atoms with Crippen molar-refractivity contribution in [3.8, 4) is 0 Å². The lowest BCUT2D eigenvalue weighted by Gasteiger charge is -2.23. The van der Waals surface area contributed by atoms with Crippen LogP contribution in [0.15, 0.2) is 10.2 Å². The number of ether oxygens (including phenoxy) is 1. The summed E-state index contributed by atoms with van der Waals surface area (Å²) >= 11 is 0. The fourth-order valence-electron chi connectivity index (χ4n) is 1.23. The summed E-state index contributed by atoms with van der Waals surface area (Å²) in [6.07, 6.45) is -0.423. The van der Waals surface area contributed by atoms with Gasteiger partial charge in [-0.15, -0.1) is 0 Å². The Balaban J connectivity index is 2.87. The van der Waals surface area contributed by atoms with Gasteiger partial charge in [0.1, 0.15) is 0 Å². The van der Waals surface area contributed by atoms with Gasteiger partial charge in [-0.25, -0.2) is 4.79 Å². The minimum Gasteiger partial charge on any atom is -0.467 e. The van der Waals surface area contributed by atoms with Gasteiger partial charge in [-0.3, -0.25) is 0 Å². The average molecular weight is 172 g/mol. The van der Waals surface area contributed by atoms with Gasteiger partial charge in [0.25, 0.3) is 0 Å². The maximum absolute atomic E-state index is 11.2. The molecule has 1 rings (SSSR count). The molecule has 0 bridgehead atoms. The number of azo groups is 1. The Bertz CT molecular complexity index is 215. The van der Waals surface area contributed by atoms with Gasteiger partial charge >= 0.3 is 5.97 Å². The third kappa shape index (κ3) is 1.20. The van der Waals surface area contributed by atoms with Crippen LogP contribution in [0.4, 0.5) is 0 Å². The van der Waals surface area contributed by atoms with E-state index in [1.807, 2.05) is 0 Å². The number of methoxy groups -OCH3 is 1. The molecule has 0 unspecified atom stereocenters. The molecule has 0 saturated carbocycles. The molecule has 2 atom stereocenters. The smallest absolute Gasteiger partial charge is 0.338 e. The second kappa shape index (κ2) is 3.18. The van der Waals surface area contributed by atoms with Crippen LogP contribution in [0.2, 0.25) is 0 Å². The van der Waals surface area contributed by atoms with E-state index in [0.29, 0.717) is 13.0 Å². The fourth-order valence-corrected chi connectivity index (χ4v) is 1.23. The number of esters is 1. The lowest BCUT2D eigenvalue weighted by molar-refractivity contribution is -0.150. The molecule has 0 aliphatic carbocycles. The van der Waals surface area contributed by atoms with E-state index in [2.05, 4.69) is 15.0 Å². The van der Waals surface area contributed by atoms with Crippen LogP contribution in [-0.2, 0) is 9.53 Å². The Morgan fingerprint density at radius 3 is 2.75 bits per heavy atom. The number of aliphatic hydroxyl groups is 1. The summed E-state index contributed by atoms with van der Waals surface area (Å²) in [6, 6.07) is 0. The molecule has 0 amide bonds. The van der Waals surface area contributed by atoms with Crippen molar-refractivity contribution in [1.82, 2.24) is 0 Å². The second-order valence-corrected chi connectivity index (χ2v) is 2.81. The number of hydrogen-bond donors (Lipinski definition) is 1. The van der Waals surface area contributed by atoms with Crippen molar-refractivity contribution >= 4 is 5.97 Å². The number of aliphatic hydroxyl groups excluding tert-OH is 1. The molecule has 1 heterocycles. The quantitative estimate of drug-likeness (QED) is 0.602. The highest BCUT2D eigenvalue weighted by Gasteiger charge is 2.46. The highest BCUT2D eigenvalue weighted by atomic mass is 16.5. The van der Waals surface area contributed by atoms with Crippen LogP contribution in [0.5, 0.6) is 0 Å². The van der Waals surface area contributed by atoms with Crippen molar-refractivity contribution in [2.24, 2.45) is 10.2 Å². The van der Waals surface area contributed by atoms with Gasteiger partial charge in [-0.2, -0.15) is 10.2 Å². The zero-order valence-electron chi connectivity index (χ0n) is 7.15. The molecule has 5 nitrogen and oxygen atoms in total. The number of hydrogen-bond acceptors (Lipinski definition) is 5. The summed E-state index contributed by atoms with van der Waals surface area (Å²) in [7, 11) is 1.28. The van der Waals surface area contributed by atoms with E-state index in [1.165, 1.54) is 14.0 Å². The van der Waals surface area contributed by atoms with Gasteiger partial charge in [0.05, 0.1) is 19.8 Å². The molecule has 0 aromatic heterocycles. The Morgan fingerprint density at radius 1 is 1.75 bits per heavy atom. The largest absolute Gasteiger partial charge is 0.467 e. The molecule has 1 aliphatic rings. The molecule has 68 valence electrons. The molecule has 0 radical (unpaired) electrons. The SMILES string of the molecule is COC(=O)[C@]1([C@H](C)O)CCN=N1. The molecule has 1 aliphatic heterocycles. The topological polar surface area (TPSA) is 71.2 Å². The summed E-state index contributed by atoms with van der Waals surface area (Å²) in [5.74, 6) is -0.515. The molecule has 1 N–H and O–H groups in total. The molecule has 5 heteroatoms. The van der Waals surface area contributed by atoms with E-state index in [1.54, 1.807) is 0 Å².